The first-order valence-electron chi connectivity index (χ1n) is 26.9. The summed E-state index contributed by atoms with van der Waals surface area (Å²) < 4.78 is 14.6. The molecule has 0 atom stereocenters. The average molecular weight is 1020 g/mol. The van der Waals surface area contributed by atoms with Crippen molar-refractivity contribution in [1.82, 2.24) is 0 Å². The lowest BCUT2D eigenvalue weighted by atomic mass is 9.91. The van der Waals surface area contributed by atoms with E-state index in [0.717, 1.165) is 133 Å². The third-order valence-electron chi connectivity index (χ3n) is 15.6. The van der Waals surface area contributed by atoms with Crippen LogP contribution in [0.1, 0.15) is 0 Å². The zero-order chi connectivity index (χ0) is 53.1. The Labute approximate surface area is 462 Å². The maximum Gasteiger partial charge on any atom is 0.197 e. The third-order valence-corrected chi connectivity index (χ3v) is 15.6. The van der Waals surface area contributed by atoms with Gasteiger partial charge in [-0.3, -0.25) is 0 Å². The van der Waals surface area contributed by atoms with Crippen molar-refractivity contribution in [2.24, 2.45) is 0 Å². The molecule has 374 valence electrons. The Hall–Kier alpha value is -10.9. The molecule has 0 aliphatic heterocycles. The fraction of sp³-hybridized carbons (Fsp3) is 0. The molecule has 0 saturated heterocycles. The lowest BCUT2D eigenvalue weighted by Gasteiger charge is -2.29. The van der Waals surface area contributed by atoms with Crippen LogP contribution in [0.25, 0.3) is 115 Å². The predicted octanol–water partition coefficient (Wildman–Crippen LogP) is 22.0. The van der Waals surface area contributed by atoms with Crippen molar-refractivity contribution < 1.29 is 8.83 Å². The quantitative estimate of drug-likeness (QED) is 0.101. The van der Waals surface area contributed by atoms with Gasteiger partial charge < -0.3 is 18.6 Å². The van der Waals surface area contributed by atoms with Gasteiger partial charge in [0, 0.05) is 72.2 Å². The molecule has 15 aromatic rings. The molecule has 0 amide bonds. The highest BCUT2D eigenvalue weighted by Crippen LogP contribution is 2.55. The van der Waals surface area contributed by atoms with E-state index in [-0.39, 0.29) is 0 Å². The largest absolute Gasteiger partial charge is 0.456 e. The molecule has 0 saturated carbocycles. The van der Waals surface area contributed by atoms with E-state index in [0.29, 0.717) is 16.9 Å². The molecule has 2 aromatic heterocycles. The molecule has 15 rings (SSSR count). The van der Waals surface area contributed by atoms with Gasteiger partial charge in [0.15, 0.2) is 5.69 Å². The lowest BCUT2D eigenvalue weighted by molar-refractivity contribution is 0.669. The first-order chi connectivity index (χ1) is 39.6. The van der Waals surface area contributed by atoms with Gasteiger partial charge in [-0.05, 0) is 135 Å². The molecule has 0 aliphatic carbocycles. The van der Waals surface area contributed by atoms with Crippen LogP contribution in [0.5, 0.6) is 0 Å². The lowest BCUT2D eigenvalue weighted by Crippen LogP contribution is -2.11. The third kappa shape index (κ3) is 7.85. The van der Waals surface area contributed by atoms with E-state index < -0.39 is 0 Å². The first kappa shape index (κ1) is 46.4. The highest BCUT2D eigenvalue weighted by molar-refractivity contribution is 6.38. The van der Waals surface area contributed by atoms with Crippen LogP contribution in [0.15, 0.2) is 294 Å². The predicted molar refractivity (Wildman–Crippen MR) is 333 cm³/mol. The summed E-state index contributed by atoms with van der Waals surface area (Å²) in [4.78, 5) is 9.17. The van der Waals surface area contributed by atoms with Crippen molar-refractivity contribution in [3.05, 3.63) is 297 Å². The average Bonchev–Trinajstić information content (AvgIpc) is 4.17. The van der Waals surface area contributed by atoms with Crippen LogP contribution in [0, 0.1) is 6.57 Å². The molecular weight excluding hydrogens is 975 g/mol. The van der Waals surface area contributed by atoms with Gasteiger partial charge in [-0.2, -0.15) is 0 Å². The number of para-hydroxylation sites is 2. The Balaban J connectivity index is 1.11. The van der Waals surface area contributed by atoms with Crippen LogP contribution in [0.4, 0.5) is 39.8 Å². The maximum absolute atomic E-state index is 9.35. The highest BCUT2D eigenvalue weighted by Gasteiger charge is 2.29. The van der Waals surface area contributed by atoms with Gasteiger partial charge in [0.2, 0.25) is 0 Å². The van der Waals surface area contributed by atoms with Gasteiger partial charge in [0.1, 0.15) is 22.3 Å². The Kier molecular flexibility index (Phi) is 11.2. The number of anilines is 6. The zero-order valence-corrected chi connectivity index (χ0v) is 43.3. The Morgan fingerprint density at radius 1 is 0.263 bits per heavy atom. The van der Waals surface area contributed by atoms with Crippen molar-refractivity contribution in [2.75, 3.05) is 9.80 Å². The Morgan fingerprint density at radius 2 is 0.700 bits per heavy atom. The number of hydrogen-bond acceptors (Lipinski definition) is 4. The van der Waals surface area contributed by atoms with Crippen LogP contribution < -0.4 is 9.80 Å². The molecule has 5 heteroatoms. The maximum atomic E-state index is 9.35. The Morgan fingerprint density at radius 3 is 1.23 bits per heavy atom. The Bertz CT molecular complexity index is 4840. The fourth-order valence-electron chi connectivity index (χ4n) is 11.9. The molecule has 2 heterocycles. The minimum atomic E-state index is 0.488. The molecule has 0 unspecified atom stereocenters. The molecule has 0 spiro atoms. The van der Waals surface area contributed by atoms with Crippen molar-refractivity contribution in [3.63, 3.8) is 0 Å². The second-order valence-corrected chi connectivity index (χ2v) is 20.2. The number of rotatable bonds is 10. The van der Waals surface area contributed by atoms with E-state index in [2.05, 4.69) is 269 Å². The van der Waals surface area contributed by atoms with Gasteiger partial charge >= 0.3 is 0 Å². The fourth-order valence-corrected chi connectivity index (χ4v) is 11.9. The second-order valence-electron chi connectivity index (χ2n) is 20.2. The van der Waals surface area contributed by atoms with E-state index in [1.165, 1.54) is 0 Å². The highest BCUT2D eigenvalue weighted by atomic mass is 16.3. The number of benzene rings is 13. The minimum Gasteiger partial charge on any atom is -0.456 e. The molecule has 80 heavy (non-hydrogen) atoms. The number of nitrogens with zero attached hydrogens (tertiary/aromatic N) is 3. The standard InChI is InChI=1S/C75H47N3O2/c1-76-65-46-63-66(77(57-28-16-6-17-29-57)59-38-32-53(33-39-59)49-20-8-2-9-21-49)48-70-71(64-44-55(37-43-68(64)79-70)51-24-12-4-13-25-51)72(63)74-73(65)67(47-62-61-42-36-56(45-69(61)80-75(62)74)52-26-14-5-15-27-52)78(58-30-18-7-19-31-58)60-40-34-54(35-41-60)50-22-10-3-11-23-50/h2-48H. The van der Waals surface area contributed by atoms with Crippen molar-refractivity contribution in [3.8, 4) is 44.5 Å². The molecule has 5 nitrogen and oxygen atoms in total. The van der Waals surface area contributed by atoms with Crippen molar-refractivity contribution in [2.45, 2.75) is 0 Å². The van der Waals surface area contributed by atoms with Crippen LogP contribution in [0.3, 0.4) is 0 Å². The van der Waals surface area contributed by atoms with E-state index >= 15 is 0 Å². The van der Waals surface area contributed by atoms with Crippen LogP contribution in [0.2, 0.25) is 0 Å². The molecule has 0 radical (unpaired) electrons. The first-order valence-corrected chi connectivity index (χ1v) is 26.9. The van der Waals surface area contributed by atoms with E-state index in [1.54, 1.807) is 0 Å². The summed E-state index contributed by atoms with van der Waals surface area (Å²) >= 11 is 0. The summed E-state index contributed by atoms with van der Waals surface area (Å²) in [6.45, 7) is 9.35. The van der Waals surface area contributed by atoms with E-state index in [9.17, 15) is 6.57 Å². The van der Waals surface area contributed by atoms with Gasteiger partial charge in [-0.25, -0.2) is 4.85 Å². The second kappa shape index (κ2) is 19.3. The van der Waals surface area contributed by atoms with Gasteiger partial charge in [-0.1, -0.05) is 194 Å². The van der Waals surface area contributed by atoms with E-state index in [1.807, 2.05) is 30.3 Å². The molecule has 0 bridgehead atoms. The number of furan rings is 2. The minimum absolute atomic E-state index is 0.488. The summed E-state index contributed by atoms with van der Waals surface area (Å²) in [6, 6.07) is 99.9. The molecule has 13 aromatic carbocycles. The molecule has 0 fully saturated rings. The number of fused-ring (bicyclic) bond motifs is 11. The van der Waals surface area contributed by atoms with Crippen LogP contribution in [-0.4, -0.2) is 0 Å². The topological polar surface area (TPSA) is 37.1 Å². The molecular formula is C75H47N3O2. The summed E-state index contributed by atoms with van der Waals surface area (Å²) in [5.41, 5.74) is 17.7. The van der Waals surface area contributed by atoms with Gasteiger partial charge in [-0.15, -0.1) is 0 Å². The smallest absolute Gasteiger partial charge is 0.197 e. The number of hydrogen-bond donors (Lipinski definition) is 0. The van der Waals surface area contributed by atoms with Crippen molar-refractivity contribution >= 4 is 105 Å². The van der Waals surface area contributed by atoms with Crippen LogP contribution in [-0.2, 0) is 0 Å². The zero-order valence-electron chi connectivity index (χ0n) is 43.3. The van der Waals surface area contributed by atoms with Crippen molar-refractivity contribution in [1.29, 1.82) is 0 Å². The van der Waals surface area contributed by atoms with Gasteiger partial charge in [0.05, 0.1) is 12.3 Å². The normalized spacial score (nSPS) is 11.5. The summed E-state index contributed by atoms with van der Waals surface area (Å²) in [5, 5.41) is 7.20. The summed E-state index contributed by atoms with van der Waals surface area (Å²) in [5.74, 6) is 0. The molecule has 0 N–H and O–H groups in total. The SMILES string of the molecule is [C-]#[N+]c1cc2c(N(c3ccccc3)c3ccc(-c4ccccc4)cc3)cc3oc4ccc(-c5ccccc5)cc4c3c2c2c1c(N(c1ccccc1)c1ccc(-c3ccccc3)cc1)cc1c3ccc(-c4ccccc4)cc3oc12. The monoisotopic (exact) mass is 1020 g/mol. The van der Waals surface area contributed by atoms with Crippen LogP contribution >= 0.6 is 0 Å². The van der Waals surface area contributed by atoms with Gasteiger partial charge in [0.25, 0.3) is 0 Å². The molecule has 0 aliphatic rings. The summed E-state index contributed by atoms with van der Waals surface area (Å²) in [6.07, 6.45) is 0. The van der Waals surface area contributed by atoms with E-state index in [4.69, 9.17) is 8.83 Å². The summed E-state index contributed by atoms with van der Waals surface area (Å²) in [7, 11) is 0.